The van der Waals surface area contributed by atoms with Gasteiger partial charge in [0.2, 0.25) is 5.91 Å². The highest BCUT2D eigenvalue weighted by molar-refractivity contribution is 5.76. The van der Waals surface area contributed by atoms with Crippen molar-refractivity contribution in [3.8, 4) is 0 Å². The lowest BCUT2D eigenvalue weighted by atomic mass is 9.91. The summed E-state index contributed by atoms with van der Waals surface area (Å²) in [6, 6.07) is 9.95. The van der Waals surface area contributed by atoms with Crippen molar-refractivity contribution in [3.63, 3.8) is 0 Å². The van der Waals surface area contributed by atoms with Crippen LogP contribution in [-0.4, -0.2) is 53.9 Å². The maximum Gasteiger partial charge on any atom is 0.264 e. The summed E-state index contributed by atoms with van der Waals surface area (Å²) in [7, 11) is 1.73. The third-order valence-corrected chi connectivity index (χ3v) is 5.70. The number of aromatic nitrogens is 4. The molecule has 29 heavy (non-hydrogen) atoms. The molecule has 1 aromatic carbocycles. The van der Waals surface area contributed by atoms with Gasteiger partial charge in [-0.05, 0) is 24.8 Å². The molecule has 8 nitrogen and oxygen atoms in total. The molecule has 0 saturated carbocycles. The van der Waals surface area contributed by atoms with Crippen LogP contribution in [0.15, 0.2) is 47.7 Å². The lowest BCUT2D eigenvalue weighted by Crippen LogP contribution is -2.49. The van der Waals surface area contributed by atoms with E-state index < -0.39 is 5.60 Å². The standard InChI is InChI=1S/C21H25N5O3/c1-24-19-17(13-23-24)20(28)26(15-22-19)14-21(29)9-11-25(12-10-21)18(27)8-7-16-5-3-2-4-6-16/h2-6,13,15,29H,7-12,14H2,1H3. The molecule has 152 valence electrons. The van der Waals surface area contributed by atoms with E-state index in [4.69, 9.17) is 0 Å². The fourth-order valence-electron chi connectivity index (χ4n) is 3.88. The van der Waals surface area contributed by atoms with E-state index in [-0.39, 0.29) is 18.0 Å². The highest BCUT2D eigenvalue weighted by Crippen LogP contribution is 2.24. The molecule has 1 N–H and O–H groups in total. The first-order valence-corrected chi connectivity index (χ1v) is 9.86. The summed E-state index contributed by atoms with van der Waals surface area (Å²) in [6.45, 7) is 1.14. The van der Waals surface area contributed by atoms with Crippen LogP contribution in [0, 0.1) is 0 Å². The average Bonchev–Trinajstić information content (AvgIpc) is 3.11. The van der Waals surface area contributed by atoms with Crippen molar-refractivity contribution in [1.29, 1.82) is 0 Å². The van der Waals surface area contributed by atoms with Gasteiger partial charge in [-0.3, -0.25) is 18.8 Å². The molecule has 8 heteroatoms. The molecule has 4 rings (SSSR count). The highest BCUT2D eigenvalue weighted by atomic mass is 16.3. The maximum atomic E-state index is 12.6. The van der Waals surface area contributed by atoms with Crippen LogP contribution in [0.3, 0.4) is 0 Å². The predicted octanol–water partition coefficient (Wildman–Crippen LogP) is 1.12. The summed E-state index contributed by atoms with van der Waals surface area (Å²) in [4.78, 5) is 31.2. The summed E-state index contributed by atoms with van der Waals surface area (Å²) in [5, 5.41) is 15.5. The van der Waals surface area contributed by atoms with Crippen molar-refractivity contribution >= 4 is 16.9 Å². The van der Waals surface area contributed by atoms with E-state index in [1.165, 1.54) is 17.1 Å². The normalized spacial score (nSPS) is 16.3. The summed E-state index contributed by atoms with van der Waals surface area (Å²) in [5.74, 6) is 0.103. The van der Waals surface area contributed by atoms with E-state index >= 15 is 0 Å². The number of aryl methyl sites for hydroxylation is 2. The number of nitrogens with zero attached hydrogens (tertiary/aromatic N) is 5. The van der Waals surface area contributed by atoms with Gasteiger partial charge in [0, 0.05) is 26.6 Å². The number of aliphatic hydroxyl groups is 1. The van der Waals surface area contributed by atoms with Gasteiger partial charge in [-0.2, -0.15) is 5.10 Å². The van der Waals surface area contributed by atoms with Crippen molar-refractivity contribution < 1.29 is 9.90 Å². The Morgan fingerprint density at radius 2 is 1.93 bits per heavy atom. The number of carbonyl (C=O) groups is 1. The Hall–Kier alpha value is -3.00. The monoisotopic (exact) mass is 395 g/mol. The molecule has 1 amide bonds. The predicted molar refractivity (Wildman–Crippen MR) is 108 cm³/mol. The molecule has 0 aliphatic carbocycles. The Labute approximate surface area is 168 Å². The van der Waals surface area contributed by atoms with E-state index in [0.717, 1.165) is 5.56 Å². The second kappa shape index (κ2) is 7.79. The second-order valence-corrected chi connectivity index (χ2v) is 7.77. The maximum absolute atomic E-state index is 12.6. The lowest BCUT2D eigenvalue weighted by molar-refractivity contribution is -0.135. The molecule has 1 saturated heterocycles. The summed E-state index contributed by atoms with van der Waals surface area (Å²) >= 11 is 0. The first-order chi connectivity index (χ1) is 14.0. The van der Waals surface area contributed by atoms with Gasteiger partial charge < -0.3 is 10.0 Å². The van der Waals surface area contributed by atoms with Crippen LogP contribution in [0.4, 0.5) is 0 Å². The quantitative estimate of drug-likeness (QED) is 0.699. The van der Waals surface area contributed by atoms with Gasteiger partial charge in [-0.15, -0.1) is 0 Å². The largest absolute Gasteiger partial charge is 0.388 e. The Balaban J connectivity index is 1.36. The molecule has 0 spiro atoms. The van der Waals surface area contributed by atoms with Gasteiger partial charge in [-0.25, -0.2) is 4.98 Å². The van der Waals surface area contributed by atoms with Crippen molar-refractivity contribution in [1.82, 2.24) is 24.2 Å². The molecule has 2 aromatic heterocycles. The van der Waals surface area contributed by atoms with Gasteiger partial charge in [0.1, 0.15) is 11.7 Å². The number of rotatable bonds is 5. The van der Waals surface area contributed by atoms with Gasteiger partial charge in [0.25, 0.3) is 5.56 Å². The minimum atomic E-state index is -1.03. The van der Waals surface area contributed by atoms with E-state index in [2.05, 4.69) is 10.1 Å². The zero-order chi connectivity index (χ0) is 20.4. The molecule has 3 heterocycles. The third kappa shape index (κ3) is 4.07. The average molecular weight is 395 g/mol. The van der Waals surface area contributed by atoms with Gasteiger partial charge >= 0.3 is 0 Å². The zero-order valence-corrected chi connectivity index (χ0v) is 16.5. The van der Waals surface area contributed by atoms with E-state index in [1.54, 1.807) is 11.7 Å². The molecular weight excluding hydrogens is 370 g/mol. The van der Waals surface area contributed by atoms with E-state index in [9.17, 15) is 14.7 Å². The van der Waals surface area contributed by atoms with Crippen LogP contribution in [-0.2, 0) is 24.8 Å². The first kappa shape index (κ1) is 19.3. The fraction of sp³-hybridized carbons (Fsp3) is 0.429. The van der Waals surface area contributed by atoms with Gasteiger partial charge in [0.15, 0.2) is 5.65 Å². The van der Waals surface area contributed by atoms with Crippen LogP contribution in [0.2, 0.25) is 0 Å². The van der Waals surface area contributed by atoms with E-state index in [0.29, 0.717) is 49.8 Å². The Bertz CT molecular complexity index is 1060. The minimum absolute atomic E-state index is 0.103. The smallest absolute Gasteiger partial charge is 0.264 e. The Morgan fingerprint density at radius 3 is 2.66 bits per heavy atom. The molecule has 1 fully saturated rings. The first-order valence-electron chi connectivity index (χ1n) is 9.86. The van der Waals surface area contributed by atoms with Crippen LogP contribution in [0.5, 0.6) is 0 Å². The van der Waals surface area contributed by atoms with Crippen LogP contribution < -0.4 is 5.56 Å². The number of fused-ring (bicyclic) bond motifs is 1. The molecule has 0 atom stereocenters. The topological polar surface area (TPSA) is 93.2 Å². The molecule has 1 aliphatic rings. The Kier molecular flexibility index (Phi) is 5.19. The lowest BCUT2D eigenvalue weighted by Gasteiger charge is -2.38. The number of hydrogen-bond acceptors (Lipinski definition) is 5. The SMILES string of the molecule is Cn1ncc2c(=O)n(CC3(O)CCN(C(=O)CCc4ccccc4)CC3)cnc21. The molecule has 0 radical (unpaired) electrons. The highest BCUT2D eigenvalue weighted by Gasteiger charge is 2.34. The Morgan fingerprint density at radius 1 is 1.21 bits per heavy atom. The number of hydrogen-bond donors (Lipinski definition) is 1. The molecule has 0 unspecified atom stereocenters. The number of likely N-dealkylation sites (tertiary alicyclic amines) is 1. The molecule has 0 bridgehead atoms. The number of carbonyl (C=O) groups excluding carboxylic acids is 1. The van der Waals surface area contributed by atoms with Crippen LogP contribution in [0.1, 0.15) is 24.8 Å². The van der Waals surface area contributed by atoms with Crippen LogP contribution >= 0.6 is 0 Å². The number of amides is 1. The van der Waals surface area contributed by atoms with Crippen molar-refractivity contribution in [2.75, 3.05) is 13.1 Å². The third-order valence-electron chi connectivity index (χ3n) is 5.70. The summed E-state index contributed by atoms with van der Waals surface area (Å²) < 4.78 is 2.99. The zero-order valence-electron chi connectivity index (χ0n) is 16.5. The van der Waals surface area contributed by atoms with E-state index in [1.807, 2.05) is 35.2 Å². The number of piperidine rings is 1. The molecular formula is C21H25N5O3. The fourth-order valence-corrected chi connectivity index (χ4v) is 3.88. The summed E-state index contributed by atoms with van der Waals surface area (Å²) in [6.07, 6.45) is 5.00. The van der Waals surface area contributed by atoms with Crippen molar-refractivity contribution in [2.45, 2.75) is 37.8 Å². The van der Waals surface area contributed by atoms with Crippen molar-refractivity contribution in [3.05, 3.63) is 58.8 Å². The van der Waals surface area contributed by atoms with Crippen LogP contribution in [0.25, 0.3) is 11.0 Å². The van der Waals surface area contributed by atoms with Gasteiger partial charge in [-0.1, -0.05) is 30.3 Å². The summed E-state index contributed by atoms with van der Waals surface area (Å²) in [5.41, 5.74) is 0.430. The minimum Gasteiger partial charge on any atom is -0.388 e. The van der Waals surface area contributed by atoms with Crippen molar-refractivity contribution in [2.24, 2.45) is 7.05 Å². The van der Waals surface area contributed by atoms with Gasteiger partial charge in [0.05, 0.1) is 18.3 Å². The molecule has 1 aliphatic heterocycles. The second-order valence-electron chi connectivity index (χ2n) is 7.77. The molecule has 3 aromatic rings. The number of benzene rings is 1.